The zero-order valence-electron chi connectivity index (χ0n) is 17.9. The Morgan fingerprint density at radius 2 is 1.33 bits per heavy atom. The van der Waals surface area contributed by atoms with Gasteiger partial charge in [0.2, 0.25) is 0 Å². The molecule has 0 aromatic rings. The van der Waals surface area contributed by atoms with Gasteiger partial charge in [-0.3, -0.25) is 4.79 Å². The van der Waals surface area contributed by atoms with E-state index in [1.807, 2.05) is 13.8 Å². The largest absolute Gasteiger partial charge is 0.481 e. The molecule has 27 heavy (non-hydrogen) atoms. The molecule has 0 aromatic heterocycles. The second-order valence-corrected chi connectivity index (χ2v) is 8.83. The lowest BCUT2D eigenvalue weighted by molar-refractivity contribution is -0.294. The van der Waals surface area contributed by atoms with Gasteiger partial charge in [-0.2, -0.15) is 0 Å². The summed E-state index contributed by atoms with van der Waals surface area (Å²) in [5.41, 5.74) is -0.986. The molecule has 1 aliphatic heterocycles. The van der Waals surface area contributed by atoms with Gasteiger partial charge in [-0.25, -0.2) is 0 Å². The number of rotatable bonds is 16. The molecule has 1 radical (unpaired) electrons. The highest BCUT2D eigenvalue weighted by Gasteiger charge is 2.51. The minimum Gasteiger partial charge on any atom is -0.481 e. The fourth-order valence-corrected chi connectivity index (χ4v) is 4.02. The summed E-state index contributed by atoms with van der Waals surface area (Å²) in [5.74, 6) is -0.676. The number of hydroxylamine groups is 2. The molecule has 0 saturated carbocycles. The van der Waals surface area contributed by atoms with E-state index in [2.05, 4.69) is 6.92 Å². The molecule has 159 valence electrons. The summed E-state index contributed by atoms with van der Waals surface area (Å²) in [4.78, 5) is 10.4. The summed E-state index contributed by atoms with van der Waals surface area (Å²) in [7, 11) is 0. The second-order valence-electron chi connectivity index (χ2n) is 8.83. The third-order valence-electron chi connectivity index (χ3n) is 5.87. The standard InChI is InChI=1S/C22H42NO4/c1-4-22(23(26)21(2,3)19-27-22)18-16-14-12-10-8-6-5-7-9-11-13-15-17-20(24)25/h4-19H2,1-3H3,(H,24,25). The van der Waals surface area contributed by atoms with Crippen LogP contribution in [0.3, 0.4) is 0 Å². The Hall–Kier alpha value is -0.650. The maximum atomic E-state index is 12.5. The molecular weight excluding hydrogens is 342 g/mol. The predicted octanol–water partition coefficient (Wildman–Crippen LogP) is 6.10. The van der Waals surface area contributed by atoms with Crippen molar-refractivity contribution in [1.82, 2.24) is 5.06 Å². The molecule has 1 heterocycles. The van der Waals surface area contributed by atoms with Gasteiger partial charge in [0.15, 0.2) is 0 Å². The average Bonchev–Trinajstić information content (AvgIpc) is 2.86. The normalized spacial score (nSPS) is 22.4. The average molecular weight is 385 g/mol. The van der Waals surface area contributed by atoms with Crippen LogP contribution in [0, 0.1) is 0 Å². The Kier molecular flexibility index (Phi) is 11.5. The monoisotopic (exact) mass is 384 g/mol. The van der Waals surface area contributed by atoms with Crippen LogP contribution in [-0.4, -0.2) is 34.0 Å². The molecule has 1 N–H and O–H groups in total. The third kappa shape index (κ3) is 8.93. The number of nitrogens with zero attached hydrogens (tertiary/aromatic N) is 1. The number of carbonyl (C=O) groups is 1. The summed E-state index contributed by atoms with van der Waals surface area (Å²) in [6, 6.07) is 0. The minimum absolute atomic E-state index is 0.316. The molecule has 1 atom stereocenters. The lowest BCUT2D eigenvalue weighted by Gasteiger charge is -2.34. The van der Waals surface area contributed by atoms with Crippen molar-refractivity contribution in [2.45, 2.75) is 128 Å². The summed E-state index contributed by atoms with van der Waals surface area (Å²) < 4.78 is 5.92. The fraction of sp³-hybridized carbons (Fsp3) is 0.955. The van der Waals surface area contributed by atoms with Crippen molar-refractivity contribution in [2.24, 2.45) is 0 Å². The van der Waals surface area contributed by atoms with Crippen LogP contribution >= 0.6 is 0 Å². The maximum absolute atomic E-state index is 12.5. The van der Waals surface area contributed by atoms with E-state index in [9.17, 15) is 10.0 Å². The lowest BCUT2D eigenvalue weighted by Crippen LogP contribution is -2.49. The number of carboxylic acid groups (broad SMARTS) is 1. The third-order valence-corrected chi connectivity index (χ3v) is 5.87. The lowest BCUT2D eigenvalue weighted by atomic mass is 9.98. The fourth-order valence-electron chi connectivity index (χ4n) is 4.02. The summed E-state index contributed by atoms with van der Waals surface area (Å²) >= 11 is 0. The maximum Gasteiger partial charge on any atom is 0.303 e. The topological polar surface area (TPSA) is 69.7 Å². The molecular formula is C22H42NO4. The number of hydrogen-bond donors (Lipinski definition) is 1. The molecule has 0 amide bonds. The van der Waals surface area contributed by atoms with E-state index in [4.69, 9.17) is 9.84 Å². The van der Waals surface area contributed by atoms with Crippen molar-refractivity contribution in [3.05, 3.63) is 0 Å². The van der Waals surface area contributed by atoms with Gasteiger partial charge in [0.05, 0.1) is 12.1 Å². The first-order valence-corrected chi connectivity index (χ1v) is 11.2. The van der Waals surface area contributed by atoms with Crippen LogP contribution in [0.4, 0.5) is 0 Å². The molecule has 1 aliphatic rings. The Morgan fingerprint density at radius 1 is 0.889 bits per heavy atom. The van der Waals surface area contributed by atoms with Gasteiger partial charge < -0.3 is 9.84 Å². The Morgan fingerprint density at radius 3 is 1.70 bits per heavy atom. The summed E-state index contributed by atoms with van der Waals surface area (Å²) in [6.07, 6.45) is 16.2. The quantitative estimate of drug-likeness (QED) is 0.327. The van der Waals surface area contributed by atoms with Gasteiger partial charge in [0, 0.05) is 6.42 Å². The van der Waals surface area contributed by atoms with Crippen LogP contribution in [0.2, 0.25) is 0 Å². The van der Waals surface area contributed by atoms with Gasteiger partial charge in [-0.15, -0.1) is 10.3 Å². The molecule has 1 saturated heterocycles. The van der Waals surface area contributed by atoms with Crippen molar-refractivity contribution in [1.29, 1.82) is 0 Å². The highest BCUT2D eigenvalue weighted by Crippen LogP contribution is 2.39. The van der Waals surface area contributed by atoms with Crippen LogP contribution in [-0.2, 0) is 14.7 Å². The zero-order chi connectivity index (χ0) is 20.2. The second kappa shape index (κ2) is 12.7. The van der Waals surface area contributed by atoms with Crippen LogP contribution in [0.15, 0.2) is 0 Å². The molecule has 0 aliphatic carbocycles. The Labute approximate surface area is 166 Å². The van der Waals surface area contributed by atoms with E-state index in [1.165, 1.54) is 62.9 Å². The van der Waals surface area contributed by atoms with Crippen molar-refractivity contribution < 1.29 is 19.8 Å². The van der Waals surface area contributed by atoms with Crippen LogP contribution in [0.1, 0.15) is 117 Å². The molecule has 0 spiro atoms. The van der Waals surface area contributed by atoms with Gasteiger partial charge >= 0.3 is 5.97 Å². The van der Waals surface area contributed by atoms with Gasteiger partial charge in [-0.05, 0) is 39.5 Å². The van der Waals surface area contributed by atoms with Crippen molar-refractivity contribution in [2.75, 3.05) is 6.61 Å². The number of carboxylic acids is 1. The molecule has 5 nitrogen and oxygen atoms in total. The predicted molar refractivity (Wildman–Crippen MR) is 108 cm³/mol. The first kappa shape index (κ1) is 24.4. The Bertz CT molecular complexity index is 413. The van der Waals surface area contributed by atoms with Crippen LogP contribution in [0.5, 0.6) is 0 Å². The molecule has 1 fully saturated rings. The van der Waals surface area contributed by atoms with Gasteiger partial charge in [-0.1, -0.05) is 71.1 Å². The summed E-state index contributed by atoms with van der Waals surface area (Å²) in [5, 5.41) is 22.3. The molecule has 5 heteroatoms. The number of hydrogen-bond acceptors (Lipinski definition) is 3. The van der Waals surface area contributed by atoms with Crippen molar-refractivity contribution in [3.8, 4) is 0 Å². The zero-order valence-corrected chi connectivity index (χ0v) is 17.9. The molecule has 1 rings (SSSR count). The van der Waals surface area contributed by atoms with E-state index in [-0.39, 0.29) is 0 Å². The molecule has 1 unspecified atom stereocenters. The van der Waals surface area contributed by atoms with E-state index in [0.29, 0.717) is 13.0 Å². The van der Waals surface area contributed by atoms with Crippen molar-refractivity contribution in [3.63, 3.8) is 0 Å². The van der Waals surface area contributed by atoms with E-state index in [0.717, 1.165) is 32.1 Å². The first-order valence-electron chi connectivity index (χ1n) is 11.2. The smallest absolute Gasteiger partial charge is 0.303 e. The number of aliphatic carboxylic acids is 1. The highest BCUT2D eigenvalue weighted by atomic mass is 16.6. The van der Waals surface area contributed by atoms with Crippen molar-refractivity contribution >= 4 is 5.97 Å². The highest BCUT2D eigenvalue weighted by molar-refractivity contribution is 5.66. The first-order chi connectivity index (χ1) is 12.8. The van der Waals surface area contributed by atoms with E-state index < -0.39 is 17.2 Å². The van der Waals surface area contributed by atoms with Gasteiger partial charge in [0.1, 0.15) is 5.72 Å². The SMILES string of the molecule is CCC1(CCCCCCCCCCCCCCC(=O)O)OCC(C)(C)N1[O]. The Balaban J connectivity index is 1.93. The molecule has 0 aromatic carbocycles. The number of unbranched alkanes of at least 4 members (excludes halogenated alkanes) is 11. The van der Waals surface area contributed by atoms with E-state index >= 15 is 0 Å². The minimum atomic E-state index is -0.676. The van der Waals surface area contributed by atoms with E-state index in [1.54, 1.807) is 0 Å². The van der Waals surface area contributed by atoms with Crippen LogP contribution in [0.25, 0.3) is 0 Å². The number of ether oxygens (including phenoxy) is 1. The van der Waals surface area contributed by atoms with Gasteiger partial charge in [0.25, 0.3) is 0 Å². The molecule has 0 bridgehead atoms. The van der Waals surface area contributed by atoms with Crippen LogP contribution < -0.4 is 0 Å². The summed E-state index contributed by atoms with van der Waals surface area (Å²) in [6.45, 7) is 6.52.